The van der Waals surface area contributed by atoms with Crippen LogP contribution in [-0.2, 0) is 27.4 Å². The third-order valence-electron chi connectivity index (χ3n) is 4.30. The van der Waals surface area contributed by atoms with Gasteiger partial charge >= 0.3 is 6.09 Å². The molecule has 3 rings (SSSR count). The van der Waals surface area contributed by atoms with E-state index in [-0.39, 0.29) is 12.2 Å². The number of carbonyl (C=O) groups is 1. The number of hydrogen-bond donors (Lipinski definition) is 0. The zero-order valence-corrected chi connectivity index (χ0v) is 14.9. The first-order chi connectivity index (χ1) is 12.8. The van der Waals surface area contributed by atoms with Crippen LogP contribution in [0, 0.1) is 0 Å². The van der Waals surface area contributed by atoms with Gasteiger partial charge in [0, 0.05) is 6.54 Å². The molecule has 0 aliphatic carbocycles. The van der Waals surface area contributed by atoms with Crippen LogP contribution in [0.2, 0.25) is 0 Å². The van der Waals surface area contributed by atoms with Gasteiger partial charge in [-0.15, -0.1) is 0 Å². The van der Waals surface area contributed by atoms with E-state index in [4.69, 9.17) is 14.2 Å². The van der Waals surface area contributed by atoms with Gasteiger partial charge in [-0.2, -0.15) is 0 Å². The van der Waals surface area contributed by atoms with Crippen molar-refractivity contribution in [1.82, 2.24) is 4.90 Å². The quantitative estimate of drug-likeness (QED) is 0.679. The van der Waals surface area contributed by atoms with Crippen molar-refractivity contribution in [1.29, 1.82) is 0 Å². The van der Waals surface area contributed by atoms with Crippen molar-refractivity contribution >= 4 is 6.09 Å². The van der Waals surface area contributed by atoms with Gasteiger partial charge in [-0.1, -0.05) is 60.7 Å². The molecule has 1 aliphatic heterocycles. The standard InChI is InChI=1S/C21H25NO4/c23-21(26-17-19-9-5-2-6-10-19)22-12-11-20(15-22)25-14-13-24-16-18-7-3-1-4-8-18/h1-10,20H,11-17H2/t20-/m0/s1. The number of nitrogens with zero attached hydrogens (tertiary/aromatic N) is 1. The lowest BCUT2D eigenvalue weighted by molar-refractivity contribution is 0.00395. The third kappa shape index (κ3) is 5.86. The molecule has 1 amide bonds. The molecule has 0 aromatic heterocycles. The lowest BCUT2D eigenvalue weighted by Crippen LogP contribution is -2.31. The summed E-state index contributed by atoms with van der Waals surface area (Å²) in [4.78, 5) is 13.8. The van der Waals surface area contributed by atoms with E-state index in [9.17, 15) is 4.79 Å². The normalized spacial score (nSPS) is 16.6. The third-order valence-corrected chi connectivity index (χ3v) is 4.30. The Hall–Kier alpha value is -2.37. The summed E-state index contributed by atoms with van der Waals surface area (Å²) in [6, 6.07) is 19.8. The SMILES string of the molecule is O=C(OCc1ccccc1)N1CC[C@H](OCCOCc2ccccc2)C1. The second-order valence-corrected chi connectivity index (χ2v) is 6.31. The topological polar surface area (TPSA) is 48.0 Å². The number of ether oxygens (including phenoxy) is 3. The number of hydrogen-bond acceptors (Lipinski definition) is 4. The van der Waals surface area contributed by atoms with Crippen LogP contribution in [-0.4, -0.2) is 43.4 Å². The Morgan fingerprint density at radius 1 is 0.923 bits per heavy atom. The van der Waals surface area contributed by atoms with E-state index in [0.717, 1.165) is 17.5 Å². The molecule has 2 aromatic carbocycles. The maximum atomic E-state index is 12.1. The Morgan fingerprint density at radius 3 is 2.27 bits per heavy atom. The lowest BCUT2D eigenvalue weighted by atomic mass is 10.2. The second-order valence-electron chi connectivity index (χ2n) is 6.31. The number of amides is 1. The summed E-state index contributed by atoms with van der Waals surface area (Å²) in [6.45, 7) is 3.21. The van der Waals surface area contributed by atoms with Gasteiger partial charge in [0.1, 0.15) is 6.61 Å². The first-order valence-corrected chi connectivity index (χ1v) is 9.00. The first kappa shape index (κ1) is 18.4. The summed E-state index contributed by atoms with van der Waals surface area (Å²) in [7, 11) is 0. The van der Waals surface area contributed by atoms with Crippen molar-refractivity contribution in [2.75, 3.05) is 26.3 Å². The summed E-state index contributed by atoms with van der Waals surface area (Å²) in [5.74, 6) is 0. The molecule has 0 bridgehead atoms. The molecule has 1 fully saturated rings. The predicted octanol–water partition coefficient (Wildman–Crippen LogP) is 3.63. The van der Waals surface area contributed by atoms with Gasteiger partial charge in [0.05, 0.1) is 32.5 Å². The van der Waals surface area contributed by atoms with E-state index in [0.29, 0.717) is 39.5 Å². The number of likely N-dealkylation sites (tertiary alicyclic amines) is 1. The molecule has 138 valence electrons. The molecule has 0 radical (unpaired) electrons. The summed E-state index contributed by atoms with van der Waals surface area (Å²) < 4.78 is 16.8. The Balaban J connectivity index is 1.28. The van der Waals surface area contributed by atoms with Crippen LogP contribution < -0.4 is 0 Å². The van der Waals surface area contributed by atoms with Crippen LogP contribution >= 0.6 is 0 Å². The van der Waals surface area contributed by atoms with Crippen LogP contribution in [0.25, 0.3) is 0 Å². The number of rotatable bonds is 8. The number of carbonyl (C=O) groups excluding carboxylic acids is 1. The molecular weight excluding hydrogens is 330 g/mol. The fraction of sp³-hybridized carbons (Fsp3) is 0.381. The molecule has 26 heavy (non-hydrogen) atoms. The Morgan fingerprint density at radius 2 is 1.58 bits per heavy atom. The van der Waals surface area contributed by atoms with E-state index in [2.05, 4.69) is 0 Å². The van der Waals surface area contributed by atoms with Gasteiger partial charge in [-0.3, -0.25) is 0 Å². The van der Waals surface area contributed by atoms with Gasteiger partial charge in [-0.05, 0) is 17.5 Å². The van der Waals surface area contributed by atoms with Crippen molar-refractivity contribution < 1.29 is 19.0 Å². The Labute approximate surface area is 154 Å². The van der Waals surface area contributed by atoms with Crippen molar-refractivity contribution in [3.8, 4) is 0 Å². The van der Waals surface area contributed by atoms with E-state index in [1.165, 1.54) is 0 Å². The molecule has 0 saturated carbocycles. The van der Waals surface area contributed by atoms with Gasteiger partial charge in [0.25, 0.3) is 0 Å². The highest BCUT2D eigenvalue weighted by Crippen LogP contribution is 2.14. The monoisotopic (exact) mass is 355 g/mol. The molecule has 1 heterocycles. The Bertz CT molecular complexity index is 662. The summed E-state index contributed by atoms with van der Waals surface area (Å²) in [5.41, 5.74) is 2.14. The van der Waals surface area contributed by atoms with E-state index in [1.54, 1.807) is 4.90 Å². The zero-order chi connectivity index (χ0) is 18.0. The van der Waals surface area contributed by atoms with Gasteiger partial charge < -0.3 is 19.1 Å². The fourth-order valence-corrected chi connectivity index (χ4v) is 2.88. The van der Waals surface area contributed by atoms with Crippen LogP contribution in [0.5, 0.6) is 0 Å². The van der Waals surface area contributed by atoms with Crippen LogP contribution in [0.1, 0.15) is 17.5 Å². The second kappa shape index (κ2) is 9.94. The fourth-order valence-electron chi connectivity index (χ4n) is 2.88. The Kier molecular flexibility index (Phi) is 7.05. The average Bonchev–Trinajstić information content (AvgIpc) is 3.16. The van der Waals surface area contributed by atoms with Crippen LogP contribution in [0.4, 0.5) is 4.79 Å². The van der Waals surface area contributed by atoms with Crippen molar-refractivity contribution in [2.24, 2.45) is 0 Å². The molecular formula is C21H25NO4. The maximum Gasteiger partial charge on any atom is 0.410 e. The molecule has 1 saturated heterocycles. The van der Waals surface area contributed by atoms with Gasteiger partial charge in [-0.25, -0.2) is 4.79 Å². The minimum atomic E-state index is -0.278. The molecule has 0 unspecified atom stereocenters. The molecule has 2 aromatic rings. The smallest absolute Gasteiger partial charge is 0.410 e. The molecule has 5 nitrogen and oxygen atoms in total. The van der Waals surface area contributed by atoms with Gasteiger partial charge in [0.2, 0.25) is 0 Å². The lowest BCUT2D eigenvalue weighted by Gasteiger charge is -2.16. The molecule has 1 aliphatic rings. The summed E-state index contributed by atoms with van der Waals surface area (Å²) in [5, 5.41) is 0. The highest BCUT2D eigenvalue weighted by Gasteiger charge is 2.27. The van der Waals surface area contributed by atoms with Crippen molar-refractivity contribution in [2.45, 2.75) is 25.7 Å². The highest BCUT2D eigenvalue weighted by atomic mass is 16.6. The average molecular weight is 355 g/mol. The largest absolute Gasteiger partial charge is 0.445 e. The van der Waals surface area contributed by atoms with E-state index >= 15 is 0 Å². The van der Waals surface area contributed by atoms with E-state index in [1.807, 2.05) is 60.7 Å². The molecule has 0 N–H and O–H groups in total. The van der Waals surface area contributed by atoms with Crippen molar-refractivity contribution in [3.63, 3.8) is 0 Å². The van der Waals surface area contributed by atoms with Gasteiger partial charge in [0.15, 0.2) is 0 Å². The maximum absolute atomic E-state index is 12.1. The highest BCUT2D eigenvalue weighted by molar-refractivity contribution is 5.68. The first-order valence-electron chi connectivity index (χ1n) is 9.00. The number of benzene rings is 2. The van der Waals surface area contributed by atoms with Crippen LogP contribution in [0.3, 0.4) is 0 Å². The molecule has 5 heteroatoms. The van der Waals surface area contributed by atoms with Crippen molar-refractivity contribution in [3.05, 3.63) is 71.8 Å². The molecule has 0 spiro atoms. The minimum absolute atomic E-state index is 0.0552. The summed E-state index contributed by atoms with van der Waals surface area (Å²) >= 11 is 0. The predicted molar refractivity (Wildman–Crippen MR) is 98.7 cm³/mol. The minimum Gasteiger partial charge on any atom is -0.445 e. The molecule has 1 atom stereocenters. The van der Waals surface area contributed by atoms with Crippen LogP contribution in [0.15, 0.2) is 60.7 Å². The summed E-state index contributed by atoms with van der Waals surface area (Å²) in [6.07, 6.45) is 0.610. The zero-order valence-electron chi connectivity index (χ0n) is 14.9. The van der Waals surface area contributed by atoms with E-state index < -0.39 is 0 Å².